The Morgan fingerprint density at radius 2 is 2.50 bits per heavy atom. The van der Waals surface area contributed by atoms with Gasteiger partial charge in [-0.05, 0) is 0 Å². The average Bonchev–Trinajstić information content (AvgIpc) is 2.16. The lowest BCUT2D eigenvalue weighted by Crippen LogP contribution is -2.18. The molecule has 0 bridgehead atoms. The van der Waals surface area contributed by atoms with Crippen LogP contribution in [0.25, 0.3) is 0 Å². The number of nitrogens with one attached hydrogen (secondary N) is 1. The minimum atomic E-state index is -0.515. The quantitative estimate of drug-likeness (QED) is 0.516. The first-order valence-corrected chi connectivity index (χ1v) is 5.63. The van der Waals surface area contributed by atoms with Crippen LogP contribution in [0, 0.1) is 0 Å². The molecule has 1 amide bonds. The SMILES string of the molecule is CNC(=O)O/N=C1/CSCCS1. The average molecular weight is 206 g/mol. The maximum atomic E-state index is 10.6. The van der Waals surface area contributed by atoms with Gasteiger partial charge >= 0.3 is 6.09 Å². The molecule has 0 radical (unpaired) electrons. The second-order valence-corrected chi connectivity index (χ2v) is 4.29. The van der Waals surface area contributed by atoms with E-state index in [9.17, 15) is 4.79 Å². The highest BCUT2D eigenvalue weighted by Gasteiger charge is 2.08. The minimum absolute atomic E-state index is 0.515. The standard InChI is InChI=1S/C6H10N2O2S2/c1-7-6(9)10-8-5-4-11-2-3-12-5/h2-4H2,1H3,(H,7,9)/b8-5-. The van der Waals surface area contributed by atoms with Crippen LogP contribution in [0.3, 0.4) is 0 Å². The summed E-state index contributed by atoms with van der Waals surface area (Å²) in [5.41, 5.74) is 0. The molecule has 0 aliphatic carbocycles. The summed E-state index contributed by atoms with van der Waals surface area (Å²) in [6.07, 6.45) is -0.515. The number of carbonyl (C=O) groups is 1. The first-order valence-electron chi connectivity index (χ1n) is 3.49. The lowest BCUT2D eigenvalue weighted by Gasteiger charge is -2.09. The van der Waals surface area contributed by atoms with Gasteiger partial charge in [-0.2, -0.15) is 11.8 Å². The highest BCUT2D eigenvalue weighted by molar-refractivity contribution is 8.18. The molecule has 12 heavy (non-hydrogen) atoms. The van der Waals surface area contributed by atoms with Crippen molar-refractivity contribution in [2.45, 2.75) is 0 Å². The molecular formula is C6H10N2O2S2. The Hall–Kier alpha value is -0.360. The molecule has 68 valence electrons. The van der Waals surface area contributed by atoms with Gasteiger partial charge in [0.25, 0.3) is 0 Å². The third-order valence-corrected chi connectivity index (χ3v) is 3.53. The van der Waals surface area contributed by atoms with Gasteiger partial charge in [-0.1, -0.05) is 5.16 Å². The van der Waals surface area contributed by atoms with E-state index >= 15 is 0 Å². The summed E-state index contributed by atoms with van der Waals surface area (Å²) in [5, 5.41) is 6.91. The van der Waals surface area contributed by atoms with E-state index in [0.717, 1.165) is 22.3 Å². The van der Waals surface area contributed by atoms with Crippen molar-refractivity contribution in [3.05, 3.63) is 0 Å². The van der Waals surface area contributed by atoms with Crippen LogP contribution in [0.4, 0.5) is 4.79 Å². The van der Waals surface area contributed by atoms with Crippen molar-refractivity contribution in [2.24, 2.45) is 5.16 Å². The molecule has 0 aromatic rings. The maximum Gasteiger partial charge on any atom is 0.433 e. The molecule has 0 saturated carbocycles. The monoisotopic (exact) mass is 206 g/mol. The Bertz CT molecular complexity index is 188. The summed E-state index contributed by atoms with van der Waals surface area (Å²) in [6.45, 7) is 0. The maximum absolute atomic E-state index is 10.6. The first kappa shape index (κ1) is 9.73. The van der Waals surface area contributed by atoms with Gasteiger partial charge in [-0.15, -0.1) is 11.8 Å². The van der Waals surface area contributed by atoms with Gasteiger partial charge < -0.3 is 5.32 Å². The predicted molar refractivity (Wildman–Crippen MR) is 52.8 cm³/mol. The largest absolute Gasteiger partial charge is 0.433 e. The van der Waals surface area contributed by atoms with Crippen molar-refractivity contribution in [3.8, 4) is 0 Å². The summed E-state index contributed by atoms with van der Waals surface area (Å²) in [5.74, 6) is 3.03. The van der Waals surface area contributed by atoms with Gasteiger partial charge in [0, 0.05) is 24.3 Å². The summed E-state index contributed by atoms with van der Waals surface area (Å²) in [6, 6.07) is 0. The molecule has 1 saturated heterocycles. The zero-order valence-electron chi connectivity index (χ0n) is 6.70. The molecule has 1 fully saturated rings. The Morgan fingerprint density at radius 3 is 3.08 bits per heavy atom. The summed E-state index contributed by atoms with van der Waals surface area (Å²) in [4.78, 5) is 15.1. The van der Waals surface area contributed by atoms with Crippen molar-refractivity contribution < 1.29 is 9.63 Å². The van der Waals surface area contributed by atoms with E-state index in [1.807, 2.05) is 0 Å². The molecule has 1 rings (SSSR count). The number of thioether (sulfide) groups is 2. The molecule has 0 aromatic carbocycles. The van der Waals surface area contributed by atoms with Gasteiger partial charge in [0.05, 0.1) is 0 Å². The number of nitrogens with zero attached hydrogens (tertiary/aromatic N) is 1. The first-order chi connectivity index (χ1) is 5.83. The predicted octanol–water partition coefficient (Wildman–Crippen LogP) is 1.14. The lowest BCUT2D eigenvalue weighted by atomic mass is 10.9. The van der Waals surface area contributed by atoms with Crippen molar-refractivity contribution in [3.63, 3.8) is 0 Å². The molecule has 6 heteroatoms. The highest BCUT2D eigenvalue weighted by Crippen LogP contribution is 2.19. The molecule has 1 aliphatic rings. The van der Waals surface area contributed by atoms with E-state index in [2.05, 4.69) is 15.3 Å². The van der Waals surface area contributed by atoms with Crippen LogP contribution in [-0.2, 0) is 4.84 Å². The fraction of sp³-hybridized carbons (Fsp3) is 0.667. The molecule has 0 aromatic heterocycles. The molecule has 1 N–H and O–H groups in total. The van der Waals surface area contributed by atoms with E-state index in [1.54, 1.807) is 23.5 Å². The zero-order chi connectivity index (χ0) is 8.81. The normalized spacial score (nSPS) is 20.6. The molecule has 0 atom stereocenters. The Kier molecular flexibility index (Phi) is 4.31. The number of hydrogen-bond acceptors (Lipinski definition) is 5. The van der Waals surface area contributed by atoms with Crippen molar-refractivity contribution >= 4 is 34.7 Å². The number of oxime groups is 1. The molecule has 4 nitrogen and oxygen atoms in total. The number of hydrogen-bond donors (Lipinski definition) is 1. The third-order valence-electron chi connectivity index (χ3n) is 1.16. The zero-order valence-corrected chi connectivity index (χ0v) is 8.33. The van der Waals surface area contributed by atoms with Crippen LogP contribution >= 0.6 is 23.5 Å². The molecule has 1 heterocycles. The van der Waals surface area contributed by atoms with Gasteiger partial charge in [0.2, 0.25) is 0 Å². The van der Waals surface area contributed by atoms with Crippen LogP contribution < -0.4 is 5.32 Å². The van der Waals surface area contributed by atoms with Gasteiger partial charge in [0.1, 0.15) is 5.04 Å². The summed E-state index contributed by atoms with van der Waals surface area (Å²) in [7, 11) is 1.51. The fourth-order valence-electron chi connectivity index (χ4n) is 0.610. The van der Waals surface area contributed by atoms with Crippen LogP contribution in [0.2, 0.25) is 0 Å². The second-order valence-electron chi connectivity index (χ2n) is 2.01. The van der Waals surface area contributed by atoms with E-state index in [1.165, 1.54) is 7.05 Å². The Balaban J connectivity index is 2.29. The number of rotatable bonds is 1. The molecule has 0 spiro atoms. The summed E-state index contributed by atoms with van der Waals surface area (Å²) < 4.78 is 0. The van der Waals surface area contributed by atoms with Crippen LogP contribution in [0.1, 0.15) is 0 Å². The van der Waals surface area contributed by atoms with Gasteiger partial charge in [-0.3, -0.25) is 4.84 Å². The van der Waals surface area contributed by atoms with Gasteiger partial charge in [-0.25, -0.2) is 4.79 Å². The molecule has 0 unspecified atom stereocenters. The number of carbonyl (C=O) groups excluding carboxylic acids is 1. The van der Waals surface area contributed by atoms with Gasteiger partial charge in [0.15, 0.2) is 0 Å². The van der Waals surface area contributed by atoms with E-state index in [4.69, 9.17) is 0 Å². The molecular weight excluding hydrogens is 196 g/mol. The van der Waals surface area contributed by atoms with Crippen LogP contribution in [-0.4, -0.2) is 35.4 Å². The summed E-state index contributed by atoms with van der Waals surface area (Å²) >= 11 is 3.44. The lowest BCUT2D eigenvalue weighted by molar-refractivity contribution is 0.153. The van der Waals surface area contributed by atoms with E-state index in [-0.39, 0.29) is 0 Å². The van der Waals surface area contributed by atoms with Crippen molar-refractivity contribution in [1.29, 1.82) is 0 Å². The Labute approximate surface area is 79.5 Å². The van der Waals surface area contributed by atoms with Crippen molar-refractivity contribution in [2.75, 3.05) is 24.3 Å². The molecule has 1 aliphatic heterocycles. The number of amides is 1. The second kappa shape index (κ2) is 5.31. The topological polar surface area (TPSA) is 50.7 Å². The smallest absolute Gasteiger partial charge is 0.323 e. The highest BCUT2D eigenvalue weighted by atomic mass is 32.2. The van der Waals surface area contributed by atoms with Crippen LogP contribution in [0.5, 0.6) is 0 Å². The Morgan fingerprint density at radius 1 is 1.67 bits per heavy atom. The van der Waals surface area contributed by atoms with Crippen LogP contribution in [0.15, 0.2) is 5.16 Å². The van der Waals surface area contributed by atoms with E-state index < -0.39 is 6.09 Å². The fourth-order valence-corrected chi connectivity index (χ4v) is 2.70. The third kappa shape index (κ3) is 3.36. The minimum Gasteiger partial charge on any atom is -0.323 e. The van der Waals surface area contributed by atoms with E-state index in [0.29, 0.717) is 0 Å². The van der Waals surface area contributed by atoms with Crippen molar-refractivity contribution in [1.82, 2.24) is 5.32 Å².